The van der Waals surface area contributed by atoms with Gasteiger partial charge in [0, 0.05) is 52.5 Å². The molecule has 312 valence electrons. The molecule has 4 aliphatic rings. The number of nitrogens with zero attached hydrogens (tertiary/aromatic N) is 2. The summed E-state index contributed by atoms with van der Waals surface area (Å²) in [5.74, 6) is -4.34. The number of hydrogen-bond donors (Lipinski definition) is 3. The molecule has 0 aromatic heterocycles. The minimum absolute atomic E-state index is 0.0992. The Bertz CT molecular complexity index is 1330. The van der Waals surface area contributed by atoms with Crippen molar-refractivity contribution in [3.8, 4) is 0 Å². The molecule has 0 aliphatic carbocycles. The maximum Gasteiger partial charge on any atom is 0.311 e. The van der Waals surface area contributed by atoms with Crippen LogP contribution in [0.2, 0.25) is 0 Å². The van der Waals surface area contributed by atoms with Crippen LogP contribution < -0.4 is 0 Å². The van der Waals surface area contributed by atoms with Gasteiger partial charge in [-0.3, -0.25) is 9.59 Å². The van der Waals surface area contributed by atoms with Crippen LogP contribution in [0.3, 0.4) is 0 Å². The van der Waals surface area contributed by atoms with E-state index in [-0.39, 0.29) is 37.2 Å². The van der Waals surface area contributed by atoms with Crippen molar-refractivity contribution in [3.63, 3.8) is 0 Å². The summed E-state index contributed by atoms with van der Waals surface area (Å²) in [7, 11) is 6.63. The SMILES string of the molecule is CC[C@H]1OC(=O)[C@H](C)[C@@H](O[C@H]2C[C@@](C)(OC)[C@@H](O)[C@H](C)O2)[C@H](C)[C@@H](O[C@@H]2O[C@H](C)C[C@H]3[C@H]2OC(=NC)N3C)[C@](C)(OC)C[C@@H](C)C(=O)[C@H](C)[C@@H](O)[C@]1(C)O. The van der Waals surface area contributed by atoms with Crippen molar-refractivity contribution in [2.75, 3.05) is 28.3 Å². The first-order valence-electron chi connectivity index (χ1n) is 19.5. The number of ketones is 1. The molecule has 15 heteroatoms. The van der Waals surface area contributed by atoms with E-state index < -0.39 is 102 Å². The second-order valence-corrected chi connectivity index (χ2v) is 16.9. The Morgan fingerprint density at radius 2 is 1.52 bits per heavy atom. The van der Waals surface area contributed by atoms with Gasteiger partial charge in [-0.05, 0) is 60.8 Å². The van der Waals surface area contributed by atoms with E-state index in [4.69, 9.17) is 37.9 Å². The standard InChI is InChI=1S/C39H68N2O13/c1-15-26-39(10,46)31(43)21(4)28(42)19(2)17-38(9,48-14)33(54-35-30-25(16-20(3)49-35)41(12)36(40-11)53-30)22(5)29(23(6)34(45)51-26)52-27-18-37(8,47-13)32(44)24(7)50-27/h19-27,29-33,35,43-44,46H,15-18H2,1-14H3/t19-,20-,21+,22+,23-,24+,25+,26-,27+,29+,30-,31-,32+,33-,35+,37-,38-,39-/m1/s1. The summed E-state index contributed by atoms with van der Waals surface area (Å²) in [6.45, 7) is 17.3. The fraction of sp³-hybridized carbons (Fsp3) is 0.923. The quantitative estimate of drug-likeness (QED) is 0.321. The van der Waals surface area contributed by atoms with Gasteiger partial charge in [0.25, 0.3) is 6.02 Å². The normalized spacial score (nSPS) is 49.2. The van der Waals surface area contributed by atoms with Gasteiger partial charge < -0.3 is 58.1 Å². The average molecular weight is 773 g/mol. The third-order valence-electron chi connectivity index (χ3n) is 12.8. The maximum atomic E-state index is 14.3. The first-order valence-corrected chi connectivity index (χ1v) is 19.5. The number of methoxy groups -OCH3 is 2. The molecule has 0 unspecified atom stereocenters. The van der Waals surface area contributed by atoms with Crippen LogP contribution >= 0.6 is 0 Å². The van der Waals surface area contributed by atoms with Crippen molar-refractivity contribution in [2.24, 2.45) is 28.7 Å². The number of aliphatic hydroxyl groups excluding tert-OH is 2. The Kier molecular flexibility index (Phi) is 14.3. The van der Waals surface area contributed by atoms with Crippen LogP contribution in [-0.2, 0) is 47.5 Å². The number of ether oxygens (including phenoxy) is 8. The molecule has 0 spiro atoms. The number of esters is 1. The molecule has 0 aromatic carbocycles. The zero-order chi connectivity index (χ0) is 40.7. The summed E-state index contributed by atoms with van der Waals surface area (Å²) in [5, 5.41) is 34.1. The van der Waals surface area contributed by atoms with Gasteiger partial charge in [0.15, 0.2) is 18.7 Å². The lowest BCUT2D eigenvalue weighted by Gasteiger charge is -2.49. The molecule has 4 heterocycles. The fourth-order valence-electron chi connectivity index (χ4n) is 9.13. The number of carbonyl (C=O) groups excluding carboxylic acids is 2. The van der Waals surface area contributed by atoms with Crippen molar-refractivity contribution >= 4 is 17.8 Å². The zero-order valence-corrected chi connectivity index (χ0v) is 34.8. The molecule has 18 atom stereocenters. The van der Waals surface area contributed by atoms with Gasteiger partial charge in [-0.2, -0.15) is 0 Å². The molecule has 3 N–H and O–H groups in total. The van der Waals surface area contributed by atoms with Gasteiger partial charge >= 0.3 is 5.97 Å². The summed E-state index contributed by atoms with van der Waals surface area (Å²) >= 11 is 0. The summed E-state index contributed by atoms with van der Waals surface area (Å²) in [6, 6.07) is 0.361. The van der Waals surface area contributed by atoms with Gasteiger partial charge in [0.1, 0.15) is 23.6 Å². The van der Waals surface area contributed by atoms with Gasteiger partial charge in [0.2, 0.25) is 0 Å². The summed E-state index contributed by atoms with van der Waals surface area (Å²) < 4.78 is 50.9. The lowest BCUT2D eigenvalue weighted by Crippen LogP contribution is -2.61. The lowest BCUT2D eigenvalue weighted by atomic mass is 9.74. The molecule has 15 nitrogen and oxygen atoms in total. The minimum atomic E-state index is -1.96. The number of cyclic esters (lactones) is 1. The highest BCUT2D eigenvalue weighted by Crippen LogP contribution is 2.42. The summed E-state index contributed by atoms with van der Waals surface area (Å²) in [6.07, 6.45) is -7.69. The van der Waals surface area contributed by atoms with Crippen LogP contribution in [0.4, 0.5) is 0 Å². The van der Waals surface area contributed by atoms with E-state index in [0.29, 0.717) is 12.4 Å². The number of rotatable bonds is 7. The summed E-state index contributed by atoms with van der Waals surface area (Å²) in [4.78, 5) is 34.6. The van der Waals surface area contributed by atoms with Gasteiger partial charge in [-0.15, -0.1) is 0 Å². The maximum absolute atomic E-state index is 14.3. The molecule has 4 aliphatic heterocycles. The first-order chi connectivity index (χ1) is 25.1. The van der Waals surface area contributed by atoms with Crippen LogP contribution in [0.1, 0.15) is 94.9 Å². The molecule has 4 rings (SSSR count). The van der Waals surface area contributed by atoms with E-state index in [2.05, 4.69) is 4.99 Å². The number of carbonyl (C=O) groups is 2. The second-order valence-electron chi connectivity index (χ2n) is 16.9. The minimum Gasteiger partial charge on any atom is -0.459 e. The van der Waals surface area contributed by atoms with Crippen LogP contribution in [0.5, 0.6) is 0 Å². The van der Waals surface area contributed by atoms with Crippen LogP contribution in [0.15, 0.2) is 4.99 Å². The van der Waals surface area contributed by atoms with E-state index in [1.165, 1.54) is 21.1 Å². The molecule has 0 bridgehead atoms. The van der Waals surface area contributed by atoms with Crippen molar-refractivity contribution in [2.45, 2.75) is 179 Å². The highest BCUT2D eigenvalue weighted by Gasteiger charge is 2.55. The Labute approximate surface area is 321 Å². The number of fused-ring (bicyclic) bond motifs is 1. The topological polar surface area (TPSA) is 184 Å². The highest BCUT2D eigenvalue weighted by molar-refractivity contribution is 5.83. The highest BCUT2D eigenvalue weighted by atomic mass is 16.7. The van der Waals surface area contributed by atoms with E-state index in [0.717, 1.165) is 0 Å². The number of aliphatic hydroxyl groups is 3. The Hall–Kier alpha value is -1.95. The molecule has 0 aromatic rings. The van der Waals surface area contributed by atoms with Crippen LogP contribution in [0.25, 0.3) is 0 Å². The van der Waals surface area contributed by atoms with Crippen LogP contribution in [-0.4, -0.2) is 151 Å². The molecule has 0 saturated carbocycles. The lowest BCUT2D eigenvalue weighted by molar-refractivity contribution is -0.315. The third kappa shape index (κ3) is 8.64. The smallest absolute Gasteiger partial charge is 0.311 e. The monoisotopic (exact) mass is 772 g/mol. The number of amidine groups is 1. The Balaban J connectivity index is 1.86. The molecular weight excluding hydrogens is 704 g/mol. The number of Topliss-reactive ketones (excluding diaryl/α,β-unsaturated/α-hetero) is 1. The van der Waals surface area contributed by atoms with Crippen molar-refractivity contribution in [3.05, 3.63) is 0 Å². The van der Waals surface area contributed by atoms with Gasteiger partial charge in [-0.25, -0.2) is 4.99 Å². The molecule has 54 heavy (non-hydrogen) atoms. The molecule has 4 saturated heterocycles. The molecular formula is C39H68N2O13. The zero-order valence-electron chi connectivity index (χ0n) is 34.8. The van der Waals surface area contributed by atoms with E-state index in [9.17, 15) is 24.9 Å². The van der Waals surface area contributed by atoms with E-state index in [1.807, 2.05) is 32.7 Å². The largest absolute Gasteiger partial charge is 0.459 e. The number of aliphatic imine (C=N–C) groups is 1. The summed E-state index contributed by atoms with van der Waals surface area (Å²) in [5.41, 5.74) is -4.19. The third-order valence-corrected chi connectivity index (χ3v) is 12.8. The van der Waals surface area contributed by atoms with Crippen molar-refractivity contribution in [1.82, 2.24) is 4.90 Å². The predicted octanol–water partition coefficient (Wildman–Crippen LogP) is 2.83. The Morgan fingerprint density at radius 3 is 2.09 bits per heavy atom. The molecule has 4 fully saturated rings. The van der Waals surface area contributed by atoms with E-state index in [1.54, 1.807) is 48.6 Å². The Morgan fingerprint density at radius 1 is 0.889 bits per heavy atom. The van der Waals surface area contributed by atoms with Gasteiger partial charge in [0.05, 0.1) is 53.7 Å². The predicted molar refractivity (Wildman–Crippen MR) is 197 cm³/mol. The molecule has 0 amide bonds. The van der Waals surface area contributed by atoms with Gasteiger partial charge in [-0.1, -0.05) is 27.7 Å². The first kappa shape index (κ1) is 44.8. The number of likely N-dealkylation sites (N-methyl/N-ethyl adjacent to an activating group) is 1. The van der Waals surface area contributed by atoms with Crippen LogP contribution in [0, 0.1) is 23.7 Å². The average Bonchev–Trinajstić information content (AvgIpc) is 3.46. The second kappa shape index (κ2) is 17.3. The van der Waals surface area contributed by atoms with Crippen molar-refractivity contribution in [1.29, 1.82) is 0 Å². The fourth-order valence-corrected chi connectivity index (χ4v) is 9.13. The molecule has 0 radical (unpaired) electrons. The van der Waals surface area contributed by atoms with E-state index >= 15 is 0 Å². The van der Waals surface area contributed by atoms with Crippen molar-refractivity contribution < 1.29 is 62.8 Å². The number of hydrogen-bond acceptors (Lipinski definition) is 14.